The maximum atomic E-state index is 11.4. The van der Waals surface area contributed by atoms with Gasteiger partial charge in [-0.1, -0.05) is 48.5 Å². The molecule has 0 aliphatic rings. The Labute approximate surface area is 122 Å². The van der Waals surface area contributed by atoms with Crippen molar-refractivity contribution in [3.05, 3.63) is 72.1 Å². The van der Waals surface area contributed by atoms with Crippen LogP contribution in [0.5, 0.6) is 0 Å². The molecule has 1 heterocycles. The summed E-state index contributed by atoms with van der Waals surface area (Å²) in [6, 6.07) is 19.2. The average Bonchev–Trinajstić information content (AvgIpc) is 2.87. The van der Waals surface area contributed by atoms with Crippen LogP contribution in [-0.2, 0) is 0 Å². The third kappa shape index (κ3) is 2.31. The van der Waals surface area contributed by atoms with Crippen molar-refractivity contribution in [2.75, 3.05) is 0 Å². The first-order valence-electron chi connectivity index (χ1n) is 6.62. The Bertz CT molecular complexity index is 777. The molecule has 0 unspecified atom stereocenters. The first-order chi connectivity index (χ1) is 10.2. The highest BCUT2D eigenvalue weighted by Crippen LogP contribution is 2.26. The number of nitrogens with zero attached hydrogens (tertiary/aromatic N) is 2. The largest absolute Gasteiger partial charge is 0.476 e. The zero-order valence-corrected chi connectivity index (χ0v) is 11.5. The summed E-state index contributed by atoms with van der Waals surface area (Å²) in [7, 11) is 0. The van der Waals surface area contributed by atoms with Crippen LogP contribution in [-0.4, -0.2) is 20.6 Å². The molecule has 0 amide bonds. The van der Waals surface area contributed by atoms with Gasteiger partial charge in [-0.3, -0.25) is 4.57 Å². The molecule has 4 nitrogen and oxygen atoms in total. The zero-order valence-electron chi connectivity index (χ0n) is 11.5. The minimum atomic E-state index is -1.01. The average molecular weight is 278 g/mol. The first kappa shape index (κ1) is 13.1. The molecule has 3 rings (SSSR count). The van der Waals surface area contributed by atoms with Gasteiger partial charge in [0.25, 0.3) is 0 Å². The van der Waals surface area contributed by atoms with E-state index in [9.17, 15) is 9.90 Å². The summed E-state index contributed by atoms with van der Waals surface area (Å²) in [5, 5.41) is 9.32. The molecule has 1 N–H and O–H groups in total. The Morgan fingerprint density at radius 3 is 2.14 bits per heavy atom. The molecular formula is C17H14N2O2. The van der Waals surface area contributed by atoms with Gasteiger partial charge in [-0.05, 0) is 19.1 Å². The lowest BCUT2D eigenvalue weighted by Crippen LogP contribution is -2.02. The van der Waals surface area contributed by atoms with E-state index < -0.39 is 5.97 Å². The second-order valence-electron chi connectivity index (χ2n) is 4.71. The number of para-hydroxylation sites is 1. The number of hydrogen-bond donors (Lipinski definition) is 1. The quantitative estimate of drug-likeness (QED) is 0.797. The fraction of sp³-hybridized carbons (Fsp3) is 0.0588. The second-order valence-corrected chi connectivity index (χ2v) is 4.71. The minimum Gasteiger partial charge on any atom is -0.476 e. The van der Waals surface area contributed by atoms with E-state index in [-0.39, 0.29) is 5.69 Å². The van der Waals surface area contributed by atoms with Gasteiger partial charge in [0.05, 0.1) is 5.69 Å². The van der Waals surface area contributed by atoms with Crippen LogP contribution in [0.25, 0.3) is 17.1 Å². The van der Waals surface area contributed by atoms with Gasteiger partial charge < -0.3 is 5.11 Å². The standard InChI is InChI=1S/C17H14N2O2/c1-12-15(17(20)21)18-16(13-8-4-2-5-9-13)19(12)14-10-6-3-7-11-14/h2-11H,1H3,(H,20,21). The predicted molar refractivity (Wildman–Crippen MR) is 80.7 cm³/mol. The first-order valence-corrected chi connectivity index (χ1v) is 6.62. The van der Waals surface area contributed by atoms with Crippen molar-refractivity contribution in [2.45, 2.75) is 6.92 Å². The minimum absolute atomic E-state index is 0.0812. The van der Waals surface area contributed by atoms with E-state index in [4.69, 9.17) is 0 Å². The molecule has 0 saturated heterocycles. The van der Waals surface area contributed by atoms with Crippen LogP contribution >= 0.6 is 0 Å². The Kier molecular flexibility index (Phi) is 3.28. The summed E-state index contributed by atoms with van der Waals surface area (Å²) >= 11 is 0. The van der Waals surface area contributed by atoms with Gasteiger partial charge in [-0.2, -0.15) is 0 Å². The summed E-state index contributed by atoms with van der Waals surface area (Å²) < 4.78 is 1.87. The van der Waals surface area contributed by atoms with Gasteiger partial charge in [-0.25, -0.2) is 9.78 Å². The molecule has 0 aliphatic heterocycles. The van der Waals surface area contributed by atoms with Crippen molar-refractivity contribution in [2.24, 2.45) is 0 Å². The molecule has 4 heteroatoms. The van der Waals surface area contributed by atoms with Gasteiger partial charge in [-0.15, -0.1) is 0 Å². The molecule has 0 saturated carbocycles. The highest BCUT2D eigenvalue weighted by Gasteiger charge is 2.20. The predicted octanol–water partition coefficient (Wildman–Crippen LogP) is 3.55. The van der Waals surface area contributed by atoms with Crippen molar-refractivity contribution >= 4 is 5.97 Å². The highest BCUT2D eigenvalue weighted by molar-refractivity contribution is 5.88. The van der Waals surface area contributed by atoms with Crippen LogP contribution in [0.1, 0.15) is 16.2 Å². The van der Waals surface area contributed by atoms with Gasteiger partial charge in [0.15, 0.2) is 5.69 Å². The fourth-order valence-corrected chi connectivity index (χ4v) is 2.38. The van der Waals surface area contributed by atoms with Crippen molar-refractivity contribution in [3.63, 3.8) is 0 Å². The molecule has 104 valence electrons. The maximum absolute atomic E-state index is 11.4. The molecule has 2 aromatic carbocycles. The van der Waals surface area contributed by atoms with Gasteiger partial charge in [0.2, 0.25) is 0 Å². The van der Waals surface area contributed by atoms with Crippen LogP contribution < -0.4 is 0 Å². The molecule has 1 aromatic heterocycles. The number of carboxylic acids is 1. The monoisotopic (exact) mass is 278 g/mol. The highest BCUT2D eigenvalue weighted by atomic mass is 16.4. The summed E-state index contributed by atoms with van der Waals surface area (Å²) in [4.78, 5) is 15.7. The number of hydrogen-bond acceptors (Lipinski definition) is 2. The Balaban J connectivity index is 2.29. The lowest BCUT2D eigenvalue weighted by Gasteiger charge is -2.10. The van der Waals surface area contributed by atoms with Crippen molar-refractivity contribution in [1.29, 1.82) is 0 Å². The SMILES string of the molecule is Cc1c(C(=O)O)nc(-c2ccccc2)n1-c1ccccc1. The van der Waals surface area contributed by atoms with Gasteiger partial charge in [0.1, 0.15) is 5.82 Å². The van der Waals surface area contributed by atoms with Gasteiger partial charge in [0, 0.05) is 11.3 Å². The van der Waals surface area contributed by atoms with E-state index in [2.05, 4.69) is 4.98 Å². The van der Waals surface area contributed by atoms with Crippen molar-refractivity contribution < 1.29 is 9.90 Å². The molecule has 0 bridgehead atoms. The number of carbonyl (C=O) groups is 1. The number of aromatic nitrogens is 2. The zero-order chi connectivity index (χ0) is 14.8. The molecule has 3 aromatic rings. The topological polar surface area (TPSA) is 55.1 Å². The number of aromatic carboxylic acids is 1. The van der Waals surface area contributed by atoms with Crippen LogP contribution in [0, 0.1) is 6.92 Å². The molecule has 0 spiro atoms. The Morgan fingerprint density at radius 1 is 1.00 bits per heavy atom. The van der Waals surface area contributed by atoms with Crippen LogP contribution in [0.15, 0.2) is 60.7 Å². The summed E-state index contributed by atoms with van der Waals surface area (Å²) in [5.74, 6) is -0.379. The molecule has 21 heavy (non-hydrogen) atoms. The number of carboxylic acid groups (broad SMARTS) is 1. The Morgan fingerprint density at radius 2 is 1.57 bits per heavy atom. The maximum Gasteiger partial charge on any atom is 0.356 e. The Hall–Kier alpha value is -2.88. The van der Waals surface area contributed by atoms with E-state index in [1.807, 2.05) is 65.2 Å². The van der Waals surface area contributed by atoms with Crippen molar-refractivity contribution in [1.82, 2.24) is 9.55 Å². The molecule has 0 aliphatic carbocycles. The number of rotatable bonds is 3. The fourth-order valence-electron chi connectivity index (χ4n) is 2.38. The lowest BCUT2D eigenvalue weighted by atomic mass is 10.2. The normalized spacial score (nSPS) is 10.5. The van der Waals surface area contributed by atoms with Crippen LogP contribution in [0.3, 0.4) is 0 Å². The number of imidazole rings is 1. The smallest absolute Gasteiger partial charge is 0.356 e. The molecular weight excluding hydrogens is 264 g/mol. The van der Waals surface area contributed by atoms with Crippen LogP contribution in [0.4, 0.5) is 0 Å². The van der Waals surface area contributed by atoms with E-state index in [0.717, 1.165) is 11.3 Å². The molecule has 0 radical (unpaired) electrons. The number of benzene rings is 2. The van der Waals surface area contributed by atoms with Crippen molar-refractivity contribution in [3.8, 4) is 17.1 Å². The van der Waals surface area contributed by atoms with E-state index in [1.54, 1.807) is 6.92 Å². The summed E-state index contributed by atoms with van der Waals surface area (Å²) in [6.07, 6.45) is 0. The second kappa shape index (κ2) is 5.25. The van der Waals surface area contributed by atoms with E-state index in [1.165, 1.54) is 0 Å². The third-order valence-corrected chi connectivity index (χ3v) is 3.36. The summed E-state index contributed by atoms with van der Waals surface area (Å²) in [6.45, 7) is 1.77. The van der Waals surface area contributed by atoms with E-state index >= 15 is 0 Å². The molecule has 0 fully saturated rings. The lowest BCUT2D eigenvalue weighted by molar-refractivity contribution is 0.0690. The molecule has 0 atom stereocenters. The third-order valence-electron chi connectivity index (χ3n) is 3.36. The van der Waals surface area contributed by atoms with Crippen LogP contribution in [0.2, 0.25) is 0 Å². The van der Waals surface area contributed by atoms with E-state index in [0.29, 0.717) is 11.5 Å². The summed E-state index contributed by atoms with van der Waals surface area (Å²) in [5.41, 5.74) is 2.48. The van der Waals surface area contributed by atoms with Gasteiger partial charge >= 0.3 is 5.97 Å².